The van der Waals surface area contributed by atoms with Gasteiger partial charge in [-0.05, 0) is 18.2 Å². The van der Waals surface area contributed by atoms with E-state index in [1.807, 2.05) is 0 Å². The number of carbonyl (C=O) groups excluding carboxylic acids is 2. The van der Waals surface area contributed by atoms with E-state index in [1.54, 1.807) is 0 Å². The van der Waals surface area contributed by atoms with Gasteiger partial charge in [-0.15, -0.1) is 0 Å². The SMILES string of the molecule is COc1nc(OCC(F)(F)F)ccc1CNC(=O)c1ccnc(NC(C)=O)c1. The van der Waals surface area contributed by atoms with Gasteiger partial charge in [0, 0.05) is 36.9 Å². The first-order chi connectivity index (χ1) is 13.2. The van der Waals surface area contributed by atoms with Gasteiger partial charge in [0.1, 0.15) is 5.82 Å². The fourth-order valence-electron chi connectivity index (χ4n) is 2.10. The first-order valence-corrected chi connectivity index (χ1v) is 7.93. The van der Waals surface area contributed by atoms with Crippen molar-refractivity contribution in [2.45, 2.75) is 19.6 Å². The summed E-state index contributed by atoms with van der Waals surface area (Å²) < 4.78 is 46.2. The van der Waals surface area contributed by atoms with Crippen molar-refractivity contribution >= 4 is 17.6 Å². The summed E-state index contributed by atoms with van der Waals surface area (Å²) in [6.45, 7) is -0.153. The monoisotopic (exact) mass is 398 g/mol. The van der Waals surface area contributed by atoms with Crippen molar-refractivity contribution in [2.75, 3.05) is 19.0 Å². The molecule has 0 aromatic carbocycles. The number of halogens is 3. The minimum absolute atomic E-state index is 0.00630. The molecule has 0 bridgehead atoms. The van der Waals surface area contributed by atoms with Crippen LogP contribution in [-0.4, -0.2) is 41.7 Å². The summed E-state index contributed by atoms with van der Waals surface area (Å²) in [7, 11) is 1.30. The lowest BCUT2D eigenvalue weighted by Crippen LogP contribution is -2.24. The second-order valence-corrected chi connectivity index (χ2v) is 5.52. The summed E-state index contributed by atoms with van der Waals surface area (Å²) in [6.07, 6.45) is -3.11. The normalized spacial score (nSPS) is 10.9. The number of hydrogen-bond acceptors (Lipinski definition) is 6. The van der Waals surface area contributed by atoms with E-state index in [1.165, 1.54) is 44.5 Å². The quantitative estimate of drug-likeness (QED) is 0.742. The molecule has 0 atom stereocenters. The molecule has 2 amide bonds. The van der Waals surface area contributed by atoms with Crippen LogP contribution in [-0.2, 0) is 11.3 Å². The van der Waals surface area contributed by atoms with Gasteiger partial charge in [0.25, 0.3) is 5.91 Å². The molecule has 0 aliphatic heterocycles. The maximum absolute atomic E-state index is 12.3. The average Bonchev–Trinajstić information content (AvgIpc) is 2.63. The number of rotatable bonds is 7. The van der Waals surface area contributed by atoms with Crippen molar-refractivity contribution in [3.8, 4) is 11.8 Å². The third-order valence-corrected chi connectivity index (χ3v) is 3.26. The minimum Gasteiger partial charge on any atom is -0.481 e. The molecule has 0 spiro atoms. The number of ether oxygens (including phenoxy) is 2. The highest BCUT2D eigenvalue weighted by Gasteiger charge is 2.28. The number of aromatic nitrogens is 2. The highest BCUT2D eigenvalue weighted by molar-refractivity contribution is 5.96. The van der Waals surface area contributed by atoms with E-state index in [2.05, 4.69) is 25.3 Å². The van der Waals surface area contributed by atoms with Crippen LogP contribution in [0.4, 0.5) is 19.0 Å². The van der Waals surface area contributed by atoms with Crippen LogP contribution in [0.25, 0.3) is 0 Å². The lowest BCUT2D eigenvalue weighted by Gasteiger charge is -2.12. The highest BCUT2D eigenvalue weighted by atomic mass is 19.4. The summed E-state index contributed by atoms with van der Waals surface area (Å²) in [5, 5.41) is 5.09. The zero-order chi connectivity index (χ0) is 20.7. The van der Waals surface area contributed by atoms with Crippen molar-refractivity contribution in [2.24, 2.45) is 0 Å². The lowest BCUT2D eigenvalue weighted by molar-refractivity contribution is -0.154. The third kappa shape index (κ3) is 6.41. The van der Waals surface area contributed by atoms with Gasteiger partial charge in [0.2, 0.25) is 17.7 Å². The molecule has 11 heteroatoms. The van der Waals surface area contributed by atoms with Gasteiger partial charge in [-0.2, -0.15) is 18.2 Å². The van der Waals surface area contributed by atoms with Crippen LogP contribution >= 0.6 is 0 Å². The van der Waals surface area contributed by atoms with Crippen molar-refractivity contribution in [1.82, 2.24) is 15.3 Å². The highest BCUT2D eigenvalue weighted by Crippen LogP contribution is 2.22. The molecule has 2 aromatic rings. The molecule has 0 aliphatic carbocycles. The van der Waals surface area contributed by atoms with Gasteiger partial charge >= 0.3 is 6.18 Å². The molecule has 2 aromatic heterocycles. The Hall–Kier alpha value is -3.37. The summed E-state index contributed by atoms with van der Waals surface area (Å²) in [5.74, 6) is -0.778. The van der Waals surface area contributed by atoms with Crippen LogP contribution in [0.15, 0.2) is 30.5 Å². The topological polar surface area (TPSA) is 102 Å². The van der Waals surface area contributed by atoms with Crippen LogP contribution in [0.1, 0.15) is 22.8 Å². The maximum atomic E-state index is 12.3. The number of methoxy groups -OCH3 is 1. The Labute approximate surface area is 158 Å². The molecule has 2 N–H and O–H groups in total. The van der Waals surface area contributed by atoms with E-state index in [9.17, 15) is 22.8 Å². The van der Waals surface area contributed by atoms with E-state index in [-0.39, 0.29) is 35.6 Å². The molecule has 0 radical (unpaired) electrons. The summed E-state index contributed by atoms with van der Waals surface area (Å²) in [5.41, 5.74) is 0.696. The molecule has 0 aliphatic rings. The van der Waals surface area contributed by atoms with E-state index in [4.69, 9.17) is 4.74 Å². The van der Waals surface area contributed by atoms with E-state index < -0.39 is 18.7 Å². The van der Waals surface area contributed by atoms with E-state index in [0.29, 0.717) is 5.56 Å². The van der Waals surface area contributed by atoms with Crippen molar-refractivity contribution in [1.29, 1.82) is 0 Å². The number of nitrogens with one attached hydrogen (secondary N) is 2. The lowest BCUT2D eigenvalue weighted by atomic mass is 10.2. The third-order valence-electron chi connectivity index (χ3n) is 3.26. The number of pyridine rings is 2. The predicted molar refractivity (Wildman–Crippen MR) is 92.0 cm³/mol. The largest absolute Gasteiger partial charge is 0.481 e. The number of amides is 2. The van der Waals surface area contributed by atoms with Crippen molar-refractivity contribution in [3.05, 3.63) is 41.6 Å². The minimum atomic E-state index is -4.48. The predicted octanol–water partition coefficient (Wildman–Crippen LogP) is 2.31. The van der Waals surface area contributed by atoms with Gasteiger partial charge in [-0.1, -0.05) is 0 Å². The second kappa shape index (κ2) is 9.02. The molecular formula is C17H17F3N4O4. The standard InChI is InChI=1S/C17H17F3N4O4/c1-10(25)23-13-7-11(5-6-21-13)15(26)22-8-12-3-4-14(24-16(12)27-2)28-9-17(18,19)20/h3-7H,8-9H2,1-2H3,(H,22,26)(H,21,23,25). The number of alkyl halides is 3. The maximum Gasteiger partial charge on any atom is 0.422 e. The Morgan fingerprint density at radius 2 is 1.96 bits per heavy atom. The van der Waals surface area contributed by atoms with Gasteiger partial charge in [0.15, 0.2) is 6.61 Å². The fraction of sp³-hybridized carbons (Fsp3) is 0.294. The Balaban J connectivity index is 2.03. The van der Waals surface area contributed by atoms with Gasteiger partial charge in [0.05, 0.1) is 7.11 Å². The molecule has 28 heavy (non-hydrogen) atoms. The molecule has 2 heterocycles. The van der Waals surface area contributed by atoms with Crippen LogP contribution < -0.4 is 20.1 Å². The molecule has 8 nitrogen and oxygen atoms in total. The van der Waals surface area contributed by atoms with E-state index >= 15 is 0 Å². The zero-order valence-corrected chi connectivity index (χ0v) is 15.0. The van der Waals surface area contributed by atoms with Gasteiger partial charge in [-0.25, -0.2) is 4.98 Å². The Bertz CT molecular complexity index is 859. The number of anilines is 1. The smallest absolute Gasteiger partial charge is 0.422 e. The molecule has 0 saturated heterocycles. The van der Waals surface area contributed by atoms with Crippen LogP contribution in [0, 0.1) is 0 Å². The molecule has 0 saturated carbocycles. The molecule has 0 unspecified atom stereocenters. The van der Waals surface area contributed by atoms with E-state index in [0.717, 1.165) is 0 Å². The van der Waals surface area contributed by atoms with Crippen LogP contribution in [0.5, 0.6) is 11.8 Å². The van der Waals surface area contributed by atoms with Crippen LogP contribution in [0.3, 0.4) is 0 Å². The van der Waals surface area contributed by atoms with Gasteiger partial charge in [-0.3, -0.25) is 9.59 Å². The fourth-order valence-corrected chi connectivity index (χ4v) is 2.10. The van der Waals surface area contributed by atoms with Crippen LogP contribution in [0.2, 0.25) is 0 Å². The van der Waals surface area contributed by atoms with Gasteiger partial charge < -0.3 is 20.1 Å². The Kier molecular flexibility index (Phi) is 6.74. The molecular weight excluding hydrogens is 381 g/mol. The number of hydrogen-bond donors (Lipinski definition) is 2. The second-order valence-electron chi connectivity index (χ2n) is 5.52. The van der Waals surface area contributed by atoms with Crippen molar-refractivity contribution < 1.29 is 32.2 Å². The first kappa shape index (κ1) is 20.9. The first-order valence-electron chi connectivity index (χ1n) is 7.93. The average molecular weight is 398 g/mol. The summed E-state index contributed by atoms with van der Waals surface area (Å²) in [6, 6.07) is 5.55. The number of carbonyl (C=O) groups is 2. The number of nitrogens with zero attached hydrogens (tertiary/aromatic N) is 2. The molecule has 0 fully saturated rings. The zero-order valence-electron chi connectivity index (χ0n) is 15.0. The Morgan fingerprint density at radius 3 is 2.61 bits per heavy atom. The van der Waals surface area contributed by atoms with Crippen molar-refractivity contribution in [3.63, 3.8) is 0 Å². The summed E-state index contributed by atoms with van der Waals surface area (Å²) >= 11 is 0. The summed E-state index contributed by atoms with van der Waals surface area (Å²) in [4.78, 5) is 31.1. The Morgan fingerprint density at radius 1 is 1.21 bits per heavy atom. The molecule has 2 rings (SSSR count). The molecule has 150 valence electrons.